The van der Waals surface area contributed by atoms with Crippen LogP contribution in [0.1, 0.15) is 91.1 Å². The summed E-state index contributed by atoms with van der Waals surface area (Å²) in [7, 11) is 0. The molecular formula is C67H59N5O. The van der Waals surface area contributed by atoms with Gasteiger partial charge in [0, 0.05) is 63.5 Å². The second kappa shape index (κ2) is 16.9. The van der Waals surface area contributed by atoms with Crippen LogP contribution in [-0.4, -0.2) is 14.1 Å². The molecule has 358 valence electrons. The zero-order chi connectivity index (χ0) is 58.1. The Kier molecular flexibility index (Phi) is 8.43. The van der Waals surface area contributed by atoms with Crippen molar-refractivity contribution in [3.63, 3.8) is 0 Å². The van der Waals surface area contributed by atoms with E-state index in [2.05, 4.69) is 112 Å². The van der Waals surface area contributed by atoms with Crippen LogP contribution in [-0.2, 0) is 22.9 Å². The maximum Gasteiger partial charge on any atom is 0.192 e. The normalized spacial score (nSPS) is 15.2. The van der Waals surface area contributed by atoms with Gasteiger partial charge in [-0.05, 0) is 109 Å². The standard InChI is InChI=1S/C67H59N5O/c1-65(2,3)43-31-32-69-62(36-43)72-59-27-16-15-23-55(59)56-30-29-48(40-61(56)72)73-49-38-46(68-10)37-47(39-49)70-41-71-63-50(42-33-44(66(4,5)6)35-45(34-42)67(7,8)9)24-17-25-57(63)53-21-13-11-19-51(53)52-20-12-14-22-54(52)58-26-18-28-60(70)64(58)71/h11-40H,41H2,1-9H3/i4D3,5D3,6D3. The van der Waals surface area contributed by atoms with Crippen molar-refractivity contribution in [2.24, 2.45) is 0 Å². The van der Waals surface area contributed by atoms with E-state index >= 15 is 0 Å². The van der Waals surface area contributed by atoms with E-state index in [9.17, 15) is 0 Å². The number of pyridine rings is 1. The molecule has 0 saturated heterocycles. The number of fused-ring (bicyclic) bond motifs is 10. The Balaban J connectivity index is 1.11. The molecule has 73 heavy (non-hydrogen) atoms. The summed E-state index contributed by atoms with van der Waals surface area (Å²) in [6.45, 7) is 10.5. The monoisotopic (exact) mass is 959 g/mol. The van der Waals surface area contributed by atoms with Gasteiger partial charge in [0.25, 0.3) is 0 Å². The lowest BCUT2D eigenvalue weighted by atomic mass is 9.78. The Morgan fingerprint density at radius 2 is 1.12 bits per heavy atom. The van der Waals surface area contributed by atoms with Crippen molar-refractivity contribution in [3.8, 4) is 28.4 Å². The van der Waals surface area contributed by atoms with Crippen LogP contribution in [0.2, 0.25) is 0 Å². The number of hydrogen-bond acceptors (Lipinski definition) is 3. The number of benzene rings is 8. The third-order valence-electron chi connectivity index (χ3n) is 14.5. The predicted octanol–water partition coefficient (Wildman–Crippen LogP) is 18.7. The Morgan fingerprint density at radius 3 is 1.79 bits per heavy atom. The number of aromatic nitrogens is 3. The fourth-order valence-electron chi connectivity index (χ4n) is 10.8. The van der Waals surface area contributed by atoms with Gasteiger partial charge in [-0.3, -0.25) is 4.57 Å². The first-order valence-electron chi connectivity index (χ1n) is 29.2. The third kappa shape index (κ3) is 7.83. The van der Waals surface area contributed by atoms with Gasteiger partial charge in [0.05, 0.1) is 34.3 Å². The first kappa shape index (κ1) is 36.5. The van der Waals surface area contributed by atoms with Crippen LogP contribution in [0.15, 0.2) is 182 Å². The lowest BCUT2D eigenvalue weighted by molar-refractivity contribution is 0.483. The summed E-state index contributed by atoms with van der Waals surface area (Å²) in [5.41, 5.74) is 3.79. The molecule has 8 aromatic carbocycles. The molecule has 0 spiro atoms. The Morgan fingerprint density at radius 1 is 0.521 bits per heavy atom. The van der Waals surface area contributed by atoms with Crippen LogP contribution >= 0.6 is 0 Å². The topological polar surface area (TPSA) is 39.6 Å². The van der Waals surface area contributed by atoms with Gasteiger partial charge in [-0.15, -0.1) is 0 Å². The molecule has 1 aliphatic heterocycles. The summed E-state index contributed by atoms with van der Waals surface area (Å²) in [5.74, 6) is 1.80. The Bertz CT molecular complexity index is 4510. The van der Waals surface area contributed by atoms with E-state index in [-0.39, 0.29) is 17.6 Å². The van der Waals surface area contributed by atoms with Crippen LogP contribution in [0.25, 0.3) is 86.9 Å². The van der Waals surface area contributed by atoms with Crippen molar-refractivity contribution in [1.82, 2.24) is 14.1 Å². The largest absolute Gasteiger partial charge is 0.459 e. The average Bonchev–Trinajstić information content (AvgIpc) is 1.71. The fraction of sp³-hybridized carbons (Fsp3) is 0.194. The van der Waals surface area contributed by atoms with Crippen molar-refractivity contribution in [1.29, 1.82) is 0 Å². The molecule has 1 aliphatic rings. The lowest BCUT2D eigenvalue weighted by Crippen LogP contribution is -2.17. The molecule has 0 N–H and O–H groups in total. The molecule has 6 nitrogen and oxygen atoms in total. The molecule has 12 rings (SSSR count). The summed E-state index contributed by atoms with van der Waals surface area (Å²) in [6.07, 6.45) is 1.86. The van der Waals surface area contributed by atoms with E-state index in [4.69, 9.17) is 28.6 Å². The predicted molar refractivity (Wildman–Crippen MR) is 307 cm³/mol. The van der Waals surface area contributed by atoms with Crippen LogP contribution in [0.4, 0.5) is 17.1 Å². The molecule has 0 aliphatic carbocycles. The summed E-state index contributed by atoms with van der Waals surface area (Å²) in [4.78, 5) is 11.0. The van der Waals surface area contributed by atoms with Crippen molar-refractivity contribution in [3.05, 3.63) is 210 Å². The van der Waals surface area contributed by atoms with Gasteiger partial charge < -0.3 is 14.2 Å². The number of hydrogen-bond donors (Lipinski definition) is 0. The highest BCUT2D eigenvalue weighted by Crippen LogP contribution is 2.47. The van der Waals surface area contributed by atoms with E-state index in [0.717, 1.165) is 82.2 Å². The molecule has 0 atom stereocenters. The Hall–Kier alpha value is -8.40. The minimum atomic E-state index is -3.49. The molecular weight excluding hydrogens is 891 g/mol. The molecule has 0 radical (unpaired) electrons. The zero-order valence-corrected chi connectivity index (χ0v) is 41.7. The minimum absolute atomic E-state index is 0.105. The van der Waals surface area contributed by atoms with E-state index in [1.54, 1.807) is 6.07 Å². The van der Waals surface area contributed by atoms with E-state index < -0.39 is 31.4 Å². The maximum absolute atomic E-state index is 8.81. The summed E-state index contributed by atoms with van der Waals surface area (Å²) < 4.78 is 90.5. The highest BCUT2D eigenvalue weighted by Gasteiger charge is 2.28. The van der Waals surface area contributed by atoms with Crippen molar-refractivity contribution >= 4 is 82.2 Å². The smallest absolute Gasteiger partial charge is 0.192 e. The number of nitrogens with zero attached hydrogens (tertiary/aromatic N) is 5. The summed E-state index contributed by atoms with van der Waals surface area (Å²) in [6, 6.07) is 57.6. The SMILES string of the molecule is [2H]C([2H])([2H])C(c1cc(-c2cccc3c4ccccc4c4ccccc4c4cccc5c4n(c23)CN5c2cc([N+]#[C-])cc(Oc3ccc4c5ccccc5n(-c5cc(C(C)(C)C)ccn5)c4c3)c2)cc(C(C)(C)C)c1)(C([2H])([2H])[2H])C([2H])([2H])[2H]. The zero-order valence-electron chi connectivity index (χ0n) is 50.7. The van der Waals surface area contributed by atoms with E-state index in [0.29, 0.717) is 39.6 Å². The van der Waals surface area contributed by atoms with Crippen molar-refractivity contribution in [2.45, 2.75) is 85.0 Å². The van der Waals surface area contributed by atoms with Gasteiger partial charge in [-0.2, -0.15) is 0 Å². The number of rotatable bonds is 5. The molecule has 0 bridgehead atoms. The van der Waals surface area contributed by atoms with E-state index in [1.807, 2.05) is 112 Å². The molecule has 3 aromatic heterocycles. The quantitative estimate of drug-likeness (QED) is 0.161. The fourth-order valence-corrected chi connectivity index (χ4v) is 10.8. The maximum atomic E-state index is 8.81. The van der Waals surface area contributed by atoms with Gasteiger partial charge in [0.1, 0.15) is 24.0 Å². The molecule has 0 amide bonds. The van der Waals surface area contributed by atoms with Crippen molar-refractivity contribution in [2.75, 3.05) is 4.90 Å². The molecule has 0 saturated carbocycles. The van der Waals surface area contributed by atoms with Gasteiger partial charge in [0.2, 0.25) is 0 Å². The van der Waals surface area contributed by atoms with Crippen LogP contribution in [0, 0.1) is 6.57 Å². The van der Waals surface area contributed by atoms with Crippen LogP contribution in [0.5, 0.6) is 11.5 Å². The second-order valence-electron chi connectivity index (χ2n) is 21.3. The highest BCUT2D eigenvalue weighted by molar-refractivity contribution is 6.22. The third-order valence-corrected chi connectivity index (χ3v) is 14.5. The average molecular weight is 959 g/mol. The highest BCUT2D eigenvalue weighted by atomic mass is 16.5. The lowest BCUT2D eigenvalue weighted by Gasteiger charge is -2.27. The Labute approximate surface area is 440 Å². The molecule has 0 unspecified atom stereocenters. The molecule has 6 heteroatoms. The summed E-state index contributed by atoms with van der Waals surface area (Å²) in [5, 5.41) is 7.73. The minimum Gasteiger partial charge on any atom is -0.459 e. The first-order chi connectivity index (χ1) is 38.8. The van der Waals surface area contributed by atoms with Gasteiger partial charge in [0.15, 0.2) is 5.69 Å². The van der Waals surface area contributed by atoms with Gasteiger partial charge >= 0.3 is 0 Å². The number of para-hydroxylation sites is 3. The number of anilines is 2. The first-order valence-corrected chi connectivity index (χ1v) is 24.7. The molecule has 0 fully saturated rings. The summed E-state index contributed by atoms with van der Waals surface area (Å²) >= 11 is 0. The van der Waals surface area contributed by atoms with Crippen molar-refractivity contribution < 1.29 is 17.1 Å². The van der Waals surface area contributed by atoms with Gasteiger partial charge in [-0.1, -0.05) is 177 Å². The number of ether oxygens (including phenoxy) is 1. The molecule has 4 heterocycles. The second-order valence-corrected chi connectivity index (χ2v) is 21.3. The van der Waals surface area contributed by atoms with E-state index in [1.165, 1.54) is 12.1 Å². The molecule has 11 aromatic rings. The van der Waals surface area contributed by atoms with Crippen LogP contribution in [0.3, 0.4) is 0 Å². The van der Waals surface area contributed by atoms with Crippen LogP contribution < -0.4 is 9.64 Å². The van der Waals surface area contributed by atoms with Gasteiger partial charge in [-0.25, -0.2) is 9.83 Å².